The summed E-state index contributed by atoms with van der Waals surface area (Å²) in [7, 11) is 4.99. The molecule has 0 aliphatic carbocycles. The summed E-state index contributed by atoms with van der Waals surface area (Å²) >= 11 is 0. The average molecular weight is 264 g/mol. The van der Waals surface area contributed by atoms with Gasteiger partial charge in [0.15, 0.2) is 0 Å². The first-order chi connectivity index (χ1) is 9.25. The van der Waals surface area contributed by atoms with E-state index < -0.39 is 0 Å². The van der Waals surface area contributed by atoms with Crippen LogP contribution in [0.3, 0.4) is 0 Å². The minimum Gasteiger partial charge on any atom is -0.496 e. The highest BCUT2D eigenvalue weighted by atomic mass is 16.6. The highest BCUT2D eigenvalue weighted by molar-refractivity contribution is 5.42. The van der Waals surface area contributed by atoms with Crippen LogP contribution in [-0.2, 0) is 6.54 Å². The van der Waals surface area contributed by atoms with Crippen LogP contribution in [0.25, 0.3) is 0 Å². The zero-order chi connectivity index (χ0) is 13.7. The highest BCUT2D eigenvalue weighted by Gasteiger charge is 2.08. The Hall–Kier alpha value is -2.21. The maximum atomic E-state index is 5.52. The van der Waals surface area contributed by atoms with Crippen molar-refractivity contribution in [2.24, 2.45) is 0 Å². The zero-order valence-electron chi connectivity index (χ0n) is 11.1. The maximum Gasteiger partial charge on any atom is 0.399 e. The Kier molecular flexibility index (Phi) is 4.25. The van der Waals surface area contributed by atoms with Gasteiger partial charge in [-0.05, 0) is 7.05 Å². The van der Waals surface area contributed by atoms with Gasteiger partial charge in [-0.15, -0.1) is 0 Å². The molecule has 19 heavy (non-hydrogen) atoms. The minimum absolute atomic E-state index is 0.181. The minimum atomic E-state index is 0.181. The van der Waals surface area contributed by atoms with Crippen molar-refractivity contribution in [2.45, 2.75) is 6.54 Å². The second-order valence-corrected chi connectivity index (χ2v) is 3.79. The molecule has 6 heteroatoms. The van der Waals surface area contributed by atoms with E-state index >= 15 is 0 Å². The molecule has 0 saturated heterocycles. The molecule has 1 aromatic heterocycles. The van der Waals surface area contributed by atoms with Crippen LogP contribution in [0.4, 0.5) is 0 Å². The molecule has 0 aliphatic rings. The molecule has 2 aromatic rings. The van der Waals surface area contributed by atoms with Crippen molar-refractivity contribution in [2.75, 3.05) is 21.3 Å². The van der Waals surface area contributed by atoms with E-state index in [0.717, 1.165) is 5.69 Å². The van der Waals surface area contributed by atoms with Crippen LogP contribution in [0.5, 0.6) is 23.3 Å². The van der Waals surface area contributed by atoms with Gasteiger partial charge in [0.2, 0.25) is 0 Å². The molecule has 0 bridgehead atoms. The normalized spacial score (nSPS) is 10.3. The number of oxazole rings is 1. The molecule has 0 saturated carbocycles. The van der Waals surface area contributed by atoms with Crippen molar-refractivity contribution >= 4 is 0 Å². The number of ether oxygens (including phenoxy) is 3. The Morgan fingerprint density at radius 1 is 1.11 bits per heavy atom. The first-order valence-electron chi connectivity index (χ1n) is 5.75. The van der Waals surface area contributed by atoms with E-state index in [2.05, 4.69) is 10.3 Å². The van der Waals surface area contributed by atoms with Crippen LogP contribution in [0, 0.1) is 0 Å². The maximum absolute atomic E-state index is 5.52. The molecule has 0 spiro atoms. The van der Waals surface area contributed by atoms with Crippen molar-refractivity contribution < 1.29 is 18.6 Å². The Morgan fingerprint density at radius 2 is 1.74 bits per heavy atom. The summed E-state index contributed by atoms with van der Waals surface area (Å²) in [6.45, 7) is 0.619. The Labute approximate surface area is 111 Å². The molecule has 102 valence electrons. The second kappa shape index (κ2) is 6.10. The molecule has 1 heterocycles. The molecule has 0 fully saturated rings. The van der Waals surface area contributed by atoms with E-state index in [-0.39, 0.29) is 6.08 Å². The van der Waals surface area contributed by atoms with Gasteiger partial charge in [-0.25, -0.2) is 0 Å². The lowest BCUT2D eigenvalue weighted by Gasteiger charge is -2.07. The molecular formula is C13H16N2O4. The number of benzene rings is 1. The number of rotatable bonds is 6. The van der Waals surface area contributed by atoms with Crippen LogP contribution >= 0.6 is 0 Å². The van der Waals surface area contributed by atoms with Crippen molar-refractivity contribution in [3.8, 4) is 23.3 Å². The van der Waals surface area contributed by atoms with E-state index in [1.165, 1.54) is 0 Å². The van der Waals surface area contributed by atoms with Crippen LogP contribution in [0.2, 0.25) is 0 Å². The third kappa shape index (κ3) is 3.38. The quantitative estimate of drug-likeness (QED) is 0.862. The summed E-state index contributed by atoms with van der Waals surface area (Å²) in [6, 6.07) is 5.21. The van der Waals surface area contributed by atoms with E-state index in [9.17, 15) is 0 Å². The molecule has 0 atom stereocenters. The van der Waals surface area contributed by atoms with Gasteiger partial charge >= 0.3 is 6.08 Å². The number of methoxy groups -OCH3 is 2. The van der Waals surface area contributed by atoms with Gasteiger partial charge in [0.1, 0.15) is 23.5 Å². The van der Waals surface area contributed by atoms with E-state index in [1.807, 2.05) is 7.05 Å². The predicted molar refractivity (Wildman–Crippen MR) is 68.9 cm³/mol. The summed E-state index contributed by atoms with van der Waals surface area (Å²) in [4.78, 5) is 4.17. The van der Waals surface area contributed by atoms with Gasteiger partial charge in [-0.2, -0.15) is 4.98 Å². The topological polar surface area (TPSA) is 65.8 Å². The monoisotopic (exact) mass is 264 g/mol. The predicted octanol–water partition coefficient (Wildman–Crippen LogP) is 2.20. The first-order valence-corrected chi connectivity index (χ1v) is 5.75. The molecule has 0 amide bonds. The molecular weight excluding hydrogens is 248 g/mol. The van der Waals surface area contributed by atoms with Gasteiger partial charge in [0.05, 0.1) is 19.9 Å². The molecule has 0 unspecified atom stereocenters. The lowest BCUT2D eigenvalue weighted by Crippen LogP contribution is -2.04. The fraction of sp³-hybridized carbons (Fsp3) is 0.308. The van der Waals surface area contributed by atoms with Crippen LogP contribution in [0.15, 0.2) is 28.9 Å². The fourth-order valence-corrected chi connectivity index (χ4v) is 1.54. The summed E-state index contributed by atoms with van der Waals surface area (Å²) in [6.07, 6.45) is 1.73. The van der Waals surface area contributed by atoms with Crippen molar-refractivity contribution in [1.29, 1.82) is 0 Å². The molecule has 0 radical (unpaired) electrons. The Balaban J connectivity index is 2.16. The van der Waals surface area contributed by atoms with Gasteiger partial charge in [0, 0.05) is 24.7 Å². The van der Waals surface area contributed by atoms with Gasteiger partial charge in [-0.3, -0.25) is 0 Å². The first kappa shape index (κ1) is 13.2. The summed E-state index contributed by atoms with van der Waals surface area (Å²) in [5.74, 6) is 1.81. The smallest absolute Gasteiger partial charge is 0.399 e. The number of hydrogen-bond acceptors (Lipinski definition) is 6. The second-order valence-electron chi connectivity index (χ2n) is 3.79. The molecule has 1 aromatic carbocycles. The third-order valence-corrected chi connectivity index (χ3v) is 2.42. The lowest BCUT2D eigenvalue weighted by molar-refractivity contribution is 0.325. The van der Waals surface area contributed by atoms with Crippen LogP contribution in [0.1, 0.15) is 5.69 Å². The highest BCUT2D eigenvalue weighted by Crippen LogP contribution is 2.30. The molecule has 1 N–H and O–H groups in total. The van der Waals surface area contributed by atoms with E-state index in [4.69, 9.17) is 18.6 Å². The van der Waals surface area contributed by atoms with Crippen LogP contribution in [-0.4, -0.2) is 26.3 Å². The molecule has 6 nitrogen and oxygen atoms in total. The fourth-order valence-electron chi connectivity index (χ4n) is 1.54. The number of nitrogens with zero attached hydrogens (tertiary/aromatic N) is 1. The molecule has 2 rings (SSSR count). The van der Waals surface area contributed by atoms with Gasteiger partial charge in [0.25, 0.3) is 0 Å². The average Bonchev–Trinajstić information content (AvgIpc) is 2.86. The van der Waals surface area contributed by atoms with E-state index in [1.54, 1.807) is 38.7 Å². The standard InChI is InChI=1S/C13H16N2O4/c1-14-7-9-8-18-13(15-9)19-12-5-10(16-2)4-11(6-12)17-3/h4-6,8,14H,7H2,1-3H3. The Morgan fingerprint density at radius 3 is 2.32 bits per heavy atom. The summed E-state index contributed by atoms with van der Waals surface area (Å²) in [5.41, 5.74) is 0.771. The van der Waals surface area contributed by atoms with Gasteiger partial charge in [-0.1, -0.05) is 0 Å². The SMILES string of the molecule is CNCc1coc(Oc2cc(OC)cc(OC)c2)n1. The number of nitrogens with one attached hydrogen (secondary N) is 1. The zero-order valence-corrected chi connectivity index (χ0v) is 11.1. The molecule has 0 aliphatic heterocycles. The Bertz CT molecular complexity index is 517. The van der Waals surface area contributed by atoms with Crippen molar-refractivity contribution in [3.05, 3.63) is 30.2 Å². The number of hydrogen-bond donors (Lipinski definition) is 1. The van der Waals surface area contributed by atoms with Crippen LogP contribution < -0.4 is 19.5 Å². The van der Waals surface area contributed by atoms with E-state index in [0.29, 0.717) is 23.8 Å². The largest absolute Gasteiger partial charge is 0.496 e. The summed E-state index contributed by atoms with van der Waals surface area (Å²) in [5, 5.41) is 2.98. The lowest BCUT2D eigenvalue weighted by atomic mass is 10.3. The van der Waals surface area contributed by atoms with Crippen molar-refractivity contribution in [3.63, 3.8) is 0 Å². The number of aromatic nitrogens is 1. The third-order valence-electron chi connectivity index (χ3n) is 2.42. The van der Waals surface area contributed by atoms with Crippen molar-refractivity contribution in [1.82, 2.24) is 10.3 Å². The van der Waals surface area contributed by atoms with Gasteiger partial charge < -0.3 is 23.9 Å². The summed E-state index contributed by atoms with van der Waals surface area (Å²) < 4.78 is 21.1.